The van der Waals surface area contributed by atoms with E-state index in [2.05, 4.69) is 9.97 Å². The van der Waals surface area contributed by atoms with Gasteiger partial charge in [0.2, 0.25) is 0 Å². The van der Waals surface area contributed by atoms with Gasteiger partial charge in [0.05, 0.1) is 34.7 Å². The average molecular weight is 273 g/mol. The van der Waals surface area contributed by atoms with Crippen LogP contribution < -0.4 is 0 Å². The molecule has 3 aromatic rings. The predicted octanol–water partition coefficient (Wildman–Crippen LogP) is 2.55. The largest absolute Gasteiger partial charge is 0.478 e. The number of aromatic nitrogens is 3. The maximum absolute atomic E-state index is 11.1. The minimum absolute atomic E-state index is 0.228. The van der Waals surface area contributed by atoms with E-state index in [0.717, 1.165) is 16.2 Å². The molecule has 0 bridgehead atoms. The molecule has 0 saturated carbocycles. The van der Waals surface area contributed by atoms with Crippen molar-refractivity contribution in [1.82, 2.24) is 14.5 Å². The zero-order valence-corrected chi connectivity index (χ0v) is 11.0. The summed E-state index contributed by atoms with van der Waals surface area (Å²) in [5.41, 5.74) is 2.51. The third-order valence-corrected chi connectivity index (χ3v) is 3.70. The molecule has 3 rings (SSSR count). The molecule has 19 heavy (non-hydrogen) atoms. The first-order valence-corrected chi connectivity index (χ1v) is 6.61. The predicted molar refractivity (Wildman–Crippen MR) is 72.6 cm³/mol. The van der Waals surface area contributed by atoms with Gasteiger partial charge < -0.3 is 9.67 Å². The van der Waals surface area contributed by atoms with Gasteiger partial charge in [0.15, 0.2) is 0 Å². The highest BCUT2D eigenvalue weighted by Gasteiger charge is 2.12. The summed E-state index contributed by atoms with van der Waals surface area (Å²) in [6.07, 6.45) is 1.66. The van der Waals surface area contributed by atoms with Gasteiger partial charge in [0, 0.05) is 5.38 Å². The molecule has 1 N–H and O–H groups in total. The number of carbonyl (C=O) groups is 1. The second kappa shape index (κ2) is 4.47. The molecule has 5 nitrogen and oxygen atoms in total. The Morgan fingerprint density at radius 1 is 1.47 bits per heavy atom. The van der Waals surface area contributed by atoms with Crippen molar-refractivity contribution in [1.29, 1.82) is 0 Å². The van der Waals surface area contributed by atoms with E-state index < -0.39 is 5.97 Å². The lowest BCUT2D eigenvalue weighted by molar-refractivity contribution is 0.0699. The van der Waals surface area contributed by atoms with Crippen molar-refractivity contribution < 1.29 is 9.90 Å². The molecule has 2 heterocycles. The molecule has 0 aliphatic carbocycles. The number of imidazole rings is 1. The van der Waals surface area contributed by atoms with Crippen molar-refractivity contribution in [2.24, 2.45) is 0 Å². The van der Waals surface area contributed by atoms with Crippen LogP contribution in [0.5, 0.6) is 0 Å². The lowest BCUT2D eigenvalue weighted by atomic mass is 10.2. The monoisotopic (exact) mass is 273 g/mol. The number of hydrogen-bond acceptors (Lipinski definition) is 4. The Morgan fingerprint density at radius 2 is 2.32 bits per heavy atom. The van der Waals surface area contributed by atoms with Gasteiger partial charge in [-0.25, -0.2) is 14.8 Å². The Morgan fingerprint density at radius 3 is 3.00 bits per heavy atom. The normalized spacial score (nSPS) is 11.0. The van der Waals surface area contributed by atoms with E-state index >= 15 is 0 Å². The zero-order chi connectivity index (χ0) is 13.4. The fourth-order valence-corrected chi connectivity index (χ4v) is 2.65. The van der Waals surface area contributed by atoms with E-state index in [9.17, 15) is 4.79 Å². The lowest BCUT2D eigenvalue weighted by Crippen LogP contribution is -2.00. The van der Waals surface area contributed by atoms with Crippen molar-refractivity contribution in [2.45, 2.75) is 13.5 Å². The fraction of sp³-hybridized carbons (Fsp3) is 0.154. The van der Waals surface area contributed by atoms with Crippen LogP contribution in [-0.4, -0.2) is 25.6 Å². The SMILES string of the molecule is Cc1nc(Cn2cnc3c(C(=O)O)cccc32)cs1. The van der Waals surface area contributed by atoms with E-state index in [-0.39, 0.29) is 5.56 Å². The molecule has 0 unspecified atom stereocenters. The number of aryl methyl sites for hydroxylation is 1. The Bertz CT molecular complexity index is 760. The quantitative estimate of drug-likeness (QED) is 0.796. The molecule has 1 aromatic carbocycles. The smallest absolute Gasteiger partial charge is 0.337 e. The Balaban J connectivity index is 2.06. The van der Waals surface area contributed by atoms with Crippen molar-refractivity contribution >= 4 is 28.3 Å². The molecule has 6 heteroatoms. The minimum atomic E-state index is -0.958. The zero-order valence-electron chi connectivity index (χ0n) is 10.2. The number of aromatic carboxylic acids is 1. The molecule has 96 valence electrons. The van der Waals surface area contributed by atoms with E-state index in [1.807, 2.05) is 22.9 Å². The Labute approximate surface area is 113 Å². The van der Waals surface area contributed by atoms with Gasteiger partial charge in [0.25, 0.3) is 0 Å². The maximum atomic E-state index is 11.1. The third kappa shape index (κ3) is 2.10. The highest BCUT2D eigenvalue weighted by molar-refractivity contribution is 7.09. The van der Waals surface area contributed by atoms with Crippen LogP contribution in [0.4, 0.5) is 0 Å². The van der Waals surface area contributed by atoms with Crippen molar-refractivity contribution in [3.63, 3.8) is 0 Å². The topological polar surface area (TPSA) is 68.0 Å². The van der Waals surface area contributed by atoms with Gasteiger partial charge in [0.1, 0.15) is 5.52 Å². The number of nitrogens with zero attached hydrogens (tertiary/aromatic N) is 3. The van der Waals surface area contributed by atoms with Crippen LogP contribution in [0.15, 0.2) is 29.9 Å². The van der Waals surface area contributed by atoms with Crippen molar-refractivity contribution in [2.75, 3.05) is 0 Å². The first-order valence-electron chi connectivity index (χ1n) is 5.73. The molecular formula is C13H11N3O2S. The molecule has 0 spiro atoms. The van der Waals surface area contributed by atoms with Crippen LogP contribution in [0.2, 0.25) is 0 Å². The van der Waals surface area contributed by atoms with Gasteiger partial charge in [-0.3, -0.25) is 0 Å². The second-order valence-electron chi connectivity index (χ2n) is 4.21. The van der Waals surface area contributed by atoms with Crippen LogP contribution in [0, 0.1) is 6.92 Å². The molecule has 0 saturated heterocycles. The highest BCUT2D eigenvalue weighted by Crippen LogP contribution is 2.19. The molecule has 0 aliphatic heterocycles. The summed E-state index contributed by atoms with van der Waals surface area (Å²) >= 11 is 1.60. The summed E-state index contributed by atoms with van der Waals surface area (Å²) in [4.78, 5) is 19.7. The lowest BCUT2D eigenvalue weighted by Gasteiger charge is -2.02. The standard InChI is InChI=1S/C13H11N3O2S/c1-8-15-9(6-19-8)5-16-7-14-12-10(13(17)18)3-2-4-11(12)16/h2-4,6-7H,5H2,1H3,(H,17,18). The number of thiazole rings is 1. The van der Waals surface area contributed by atoms with E-state index in [1.54, 1.807) is 29.8 Å². The van der Waals surface area contributed by atoms with E-state index in [1.165, 1.54) is 0 Å². The van der Waals surface area contributed by atoms with Crippen LogP contribution in [0.1, 0.15) is 21.1 Å². The maximum Gasteiger partial charge on any atom is 0.337 e. The number of fused-ring (bicyclic) bond motifs is 1. The molecule has 0 amide bonds. The minimum Gasteiger partial charge on any atom is -0.478 e. The molecule has 0 atom stereocenters. The van der Waals surface area contributed by atoms with Gasteiger partial charge in [-0.15, -0.1) is 11.3 Å². The highest BCUT2D eigenvalue weighted by atomic mass is 32.1. The summed E-state index contributed by atoms with van der Waals surface area (Å²) in [5.74, 6) is -0.958. The van der Waals surface area contributed by atoms with E-state index in [0.29, 0.717) is 12.1 Å². The van der Waals surface area contributed by atoms with Crippen LogP contribution in [0.3, 0.4) is 0 Å². The summed E-state index contributed by atoms with van der Waals surface area (Å²) in [7, 11) is 0. The summed E-state index contributed by atoms with van der Waals surface area (Å²) in [6.45, 7) is 2.56. The number of carboxylic acids is 1. The molecule has 2 aromatic heterocycles. The van der Waals surface area contributed by atoms with Crippen LogP contribution >= 0.6 is 11.3 Å². The molecule has 0 radical (unpaired) electrons. The van der Waals surface area contributed by atoms with Gasteiger partial charge in [-0.05, 0) is 19.1 Å². The molecule has 0 fully saturated rings. The second-order valence-corrected chi connectivity index (χ2v) is 5.27. The van der Waals surface area contributed by atoms with E-state index in [4.69, 9.17) is 5.11 Å². The first-order chi connectivity index (χ1) is 9.15. The Hall–Kier alpha value is -2.21. The summed E-state index contributed by atoms with van der Waals surface area (Å²) < 4.78 is 1.91. The van der Waals surface area contributed by atoms with Gasteiger partial charge in [-0.1, -0.05) is 6.07 Å². The van der Waals surface area contributed by atoms with Gasteiger partial charge in [-0.2, -0.15) is 0 Å². The van der Waals surface area contributed by atoms with Crippen molar-refractivity contribution in [3.05, 3.63) is 46.2 Å². The number of rotatable bonds is 3. The Kier molecular flexibility index (Phi) is 2.79. The number of para-hydroxylation sites is 1. The third-order valence-electron chi connectivity index (χ3n) is 2.88. The molecule has 0 aliphatic rings. The number of carboxylic acid groups (broad SMARTS) is 1. The summed E-state index contributed by atoms with van der Waals surface area (Å²) in [6, 6.07) is 5.17. The van der Waals surface area contributed by atoms with Crippen LogP contribution in [0.25, 0.3) is 11.0 Å². The first kappa shape index (κ1) is 11.9. The fourth-order valence-electron chi connectivity index (χ4n) is 2.04. The molecular weight excluding hydrogens is 262 g/mol. The number of hydrogen-bond donors (Lipinski definition) is 1. The van der Waals surface area contributed by atoms with Crippen molar-refractivity contribution in [3.8, 4) is 0 Å². The average Bonchev–Trinajstić information content (AvgIpc) is 2.97. The number of benzene rings is 1. The summed E-state index contributed by atoms with van der Waals surface area (Å²) in [5, 5.41) is 12.1. The van der Waals surface area contributed by atoms with Gasteiger partial charge >= 0.3 is 5.97 Å². The van der Waals surface area contributed by atoms with Crippen LogP contribution in [-0.2, 0) is 6.54 Å².